The average Bonchev–Trinajstić information content (AvgIpc) is 2.37. The fourth-order valence-corrected chi connectivity index (χ4v) is 1.97. The largest absolute Gasteiger partial charge is 0.417 e. The topological polar surface area (TPSA) is 38.7 Å². The Kier molecular flexibility index (Phi) is 3.96. The van der Waals surface area contributed by atoms with Crippen LogP contribution >= 0.6 is 23.4 Å². The highest BCUT2D eigenvalue weighted by molar-refractivity contribution is 7.98. The third kappa shape index (κ3) is 3.16. The molecule has 0 unspecified atom stereocenters. The van der Waals surface area contributed by atoms with E-state index in [9.17, 15) is 13.2 Å². The van der Waals surface area contributed by atoms with Crippen molar-refractivity contribution in [3.05, 3.63) is 35.1 Å². The Morgan fingerprint density at radius 3 is 2.58 bits per heavy atom. The first-order valence-corrected chi connectivity index (χ1v) is 6.62. The van der Waals surface area contributed by atoms with Gasteiger partial charge >= 0.3 is 6.18 Å². The minimum atomic E-state index is -4.47. The molecule has 0 aliphatic rings. The van der Waals surface area contributed by atoms with Gasteiger partial charge in [0.25, 0.3) is 0 Å². The summed E-state index contributed by atoms with van der Waals surface area (Å²) in [6.45, 7) is 0. The summed E-state index contributed by atoms with van der Waals surface area (Å²) in [5.74, 6) is 0. The number of thioether (sulfide) groups is 1. The summed E-state index contributed by atoms with van der Waals surface area (Å²) in [5.41, 5.74) is -0.300. The van der Waals surface area contributed by atoms with Crippen molar-refractivity contribution in [3.63, 3.8) is 0 Å². The maximum Gasteiger partial charge on any atom is 0.417 e. The number of aromatic nitrogens is 3. The summed E-state index contributed by atoms with van der Waals surface area (Å²) < 4.78 is 37.5. The van der Waals surface area contributed by atoms with E-state index in [-0.39, 0.29) is 10.7 Å². The lowest BCUT2D eigenvalue weighted by Gasteiger charge is -2.09. The first-order valence-electron chi connectivity index (χ1n) is 5.02. The van der Waals surface area contributed by atoms with Gasteiger partial charge in [0.1, 0.15) is 5.69 Å². The molecule has 0 saturated heterocycles. The van der Waals surface area contributed by atoms with E-state index in [1.807, 2.05) is 0 Å². The van der Waals surface area contributed by atoms with Crippen molar-refractivity contribution in [1.29, 1.82) is 0 Å². The van der Waals surface area contributed by atoms with E-state index in [1.54, 1.807) is 12.3 Å². The zero-order valence-electron chi connectivity index (χ0n) is 9.57. The second kappa shape index (κ2) is 5.34. The Morgan fingerprint density at radius 2 is 2.00 bits per heavy atom. The van der Waals surface area contributed by atoms with Crippen LogP contribution in [0.5, 0.6) is 0 Å². The number of pyridine rings is 1. The summed E-state index contributed by atoms with van der Waals surface area (Å²) in [4.78, 5) is 11.8. The van der Waals surface area contributed by atoms with Gasteiger partial charge in [-0.3, -0.25) is 4.98 Å². The standard InChI is InChI=1S/C11H7ClF3N3S/c1-19-10-16-3-2-8(18-10)9-7(12)4-6(5-17-9)11(13,14)15/h2-5H,1H3. The van der Waals surface area contributed by atoms with Crippen molar-refractivity contribution in [2.24, 2.45) is 0 Å². The number of halogens is 4. The number of hydrogen-bond acceptors (Lipinski definition) is 4. The molecule has 0 aliphatic heterocycles. The first-order chi connectivity index (χ1) is 8.91. The molecular formula is C11H7ClF3N3S. The lowest BCUT2D eigenvalue weighted by Crippen LogP contribution is -2.06. The van der Waals surface area contributed by atoms with Crippen LogP contribution in [0, 0.1) is 0 Å². The molecule has 0 aromatic carbocycles. The van der Waals surface area contributed by atoms with Gasteiger partial charge in [-0.2, -0.15) is 13.2 Å². The molecule has 2 aromatic heterocycles. The Balaban J connectivity index is 2.46. The van der Waals surface area contributed by atoms with Gasteiger partial charge in [0.05, 0.1) is 16.3 Å². The number of nitrogens with zero attached hydrogens (tertiary/aromatic N) is 3. The zero-order chi connectivity index (χ0) is 14.0. The monoisotopic (exact) mass is 305 g/mol. The number of alkyl halides is 3. The van der Waals surface area contributed by atoms with Crippen LogP contribution in [0.15, 0.2) is 29.7 Å². The summed E-state index contributed by atoms with van der Waals surface area (Å²) in [6, 6.07) is 2.38. The minimum absolute atomic E-state index is 0.0967. The van der Waals surface area contributed by atoms with Gasteiger partial charge in [-0.05, 0) is 18.4 Å². The maximum atomic E-state index is 12.5. The van der Waals surface area contributed by atoms with Gasteiger partial charge < -0.3 is 0 Å². The van der Waals surface area contributed by atoms with Crippen molar-refractivity contribution in [1.82, 2.24) is 15.0 Å². The molecule has 0 radical (unpaired) electrons. The van der Waals surface area contributed by atoms with E-state index >= 15 is 0 Å². The SMILES string of the molecule is CSc1nccc(-c2ncc(C(F)(F)F)cc2Cl)n1. The third-order valence-electron chi connectivity index (χ3n) is 2.23. The molecular weight excluding hydrogens is 299 g/mol. The highest BCUT2D eigenvalue weighted by Gasteiger charge is 2.31. The molecule has 0 fully saturated rings. The van der Waals surface area contributed by atoms with Crippen LogP contribution in [-0.2, 0) is 6.18 Å². The molecule has 0 bridgehead atoms. The van der Waals surface area contributed by atoms with Gasteiger partial charge in [0, 0.05) is 12.4 Å². The highest BCUT2D eigenvalue weighted by atomic mass is 35.5. The third-order valence-corrected chi connectivity index (χ3v) is 3.08. The highest BCUT2D eigenvalue weighted by Crippen LogP contribution is 2.33. The smallest absolute Gasteiger partial charge is 0.252 e. The lowest BCUT2D eigenvalue weighted by molar-refractivity contribution is -0.137. The van der Waals surface area contributed by atoms with Crippen LogP contribution in [0.25, 0.3) is 11.4 Å². The molecule has 0 N–H and O–H groups in total. The Morgan fingerprint density at radius 1 is 1.26 bits per heavy atom. The molecule has 100 valence electrons. The van der Waals surface area contributed by atoms with Gasteiger partial charge in [0.15, 0.2) is 5.16 Å². The van der Waals surface area contributed by atoms with Crippen molar-refractivity contribution in [2.45, 2.75) is 11.3 Å². The van der Waals surface area contributed by atoms with Gasteiger partial charge in [0.2, 0.25) is 0 Å². The first kappa shape index (κ1) is 14.1. The molecule has 2 aromatic rings. The molecule has 0 saturated carbocycles. The van der Waals surface area contributed by atoms with Crippen LogP contribution in [-0.4, -0.2) is 21.2 Å². The normalized spacial score (nSPS) is 11.6. The molecule has 8 heteroatoms. The summed E-state index contributed by atoms with van der Waals surface area (Å²) in [5, 5.41) is 0.399. The van der Waals surface area contributed by atoms with E-state index in [2.05, 4.69) is 15.0 Å². The van der Waals surface area contributed by atoms with Gasteiger partial charge in [-0.25, -0.2) is 9.97 Å². The van der Waals surface area contributed by atoms with Crippen LogP contribution < -0.4 is 0 Å². The lowest BCUT2D eigenvalue weighted by atomic mass is 10.2. The van der Waals surface area contributed by atoms with Crippen LogP contribution in [0.4, 0.5) is 13.2 Å². The van der Waals surface area contributed by atoms with E-state index < -0.39 is 11.7 Å². The quantitative estimate of drug-likeness (QED) is 0.622. The molecule has 3 nitrogen and oxygen atoms in total. The second-order valence-electron chi connectivity index (χ2n) is 3.48. The number of rotatable bonds is 2. The summed E-state index contributed by atoms with van der Waals surface area (Å²) in [7, 11) is 0. The molecule has 0 amide bonds. The summed E-state index contributed by atoms with van der Waals surface area (Å²) >= 11 is 7.15. The molecule has 2 heterocycles. The van der Waals surface area contributed by atoms with Gasteiger partial charge in [-0.1, -0.05) is 23.4 Å². The average molecular weight is 306 g/mol. The van der Waals surface area contributed by atoms with E-state index in [0.29, 0.717) is 10.9 Å². The van der Waals surface area contributed by atoms with Crippen molar-refractivity contribution < 1.29 is 13.2 Å². The number of hydrogen-bond donors (Lipinski definition) is 0. The fourth-order valence-electron chi connectivity index (χ4n) is 1.35. The Bertz CT molecular complexity index is 604. The van der Waals surface area contributed by atoms with Crippen LogP contribution in [0.1, 0.15) is 5.56 Å². The predicted molar refractivity (Wildman–Crippen MR) is 67.1 cm³/mol. The second-order valence-corrected chi connectivity index (χ2v) is 4.66. The van der Waals surface area contributed by atoms with Crippen LogP contribution in [0.3, 0.4) is 0 Å². The summed E-state index contributed by atoms with van der Waals surface area (Å²) in [6.07, 6.45) is -0.432. The molecule has 2 rings (SSSR count). The van der Waals surface area contributed by atoms with E-state index in [1.165, 1.54) is 18.0 Å². The Hall–Kier alpha value is -1.34. The predicted octanol–water partition coefficient (Wildman–Crippen LogP) is 3.93. The zero-order valence-corrected chi connectivity index (χ0v) is 11.1. The molecule has 0 spiro atoms. The van der Waals surface area contributed by atoms with Crippen molar-refractivity contribution in [3.8, 4) is 11.4 Å². The molecule has 0 atom stereocenters. The maximum absolute atomic E-state index is 12.5. The molecule has 19 heavy (non-hydrogen) atoms. The Labute approximate surface area is 116 Å². The van der Waals surface area contributed by atoms with Crippen molar-refractivity contribution >= 4 is 23.4 Å². The van der Waals surface area contributed by atoms with Crippen LogP contribution in [0.2, 0.25) is 5.02 Å². The molecule has 0 aliphatic carbocycles. The minimum Gasteiger partial charge on any atom is -0.252 e. The van der Waals surface area contributed by atoms with E-state index in [4.69, 9.17) is 11.6 Å². The fraction of sp³-hybridized carbons (Fsp3) is 0.182. The van der Waals surface area contributed by atoms with E-state index in [0.717, 1.165) is 12.3 Å². The van der Waals surface area contributed by atoms with Gasteiger partial charge in [-0.15, -0.1) is 0 Å². The van der Waals surface area contributed by atoms with Crippen molar-refractivity contribution in [2.75, 3.05) is 6.26 Å².